The molecule has 2 rings (SSSR count). The van der Waals surface area contributed by atoms with Gasteiger partial charge in [-0.15, -0.1) is 0 Å². The van der Waals surface area contributed by atoms with Gasteiger partial charge in [0.25, 0.3) is 0 Å². The van der Waals surface area contributed by atoms with Crippen LogP contribution in [0.25, 0.3) is 6.08 Å². The molecule has 1 aromatic rings. The number of carbonyl (C=O) groups excluding carboxylic acids is 1. The fourth-order valence-electron chi connectivity index (χ4n) is 2.26. The van der Waals surface area contributed by atoms with Gasteiger partial charge in [-0.25, -0.2) is 4.39 Å². The van der Waals surface area contributed by atoms with Crippen molar-refractivity contribution >= 4 is 12.0 Å². The average Bonchev–Trinajstić information content (AvgIpc) is 2.38. The normalized spacial score (nSPS) is 20.3. The Hall–Kier alpha value is -1.64. The number of amides is 1. The van der Waals surface area contributed by atoms with Crippen molar-refractivity contribution < 1.29 is 9.18 Å². The fourth-order valence-corrected chi connectivity index (χ4v) is 2.26. The Bertz CT molecular complexity index is 438. The predicted octanol–water partition coefficient (Wildman–Crippen LogP) is 3.24. The van der Waals surface area contributed by atoms with Crippen LogP contribution in [0.15, 0.2) is 30.3 Å². The van der Waals surface area contributed by atoms with Crippen molar-refractivity contribution in [3.05, 3.63) is 41.7 Å². The number of rotatable bonds is 2. The Kier molecular flexibility index (Phi) is 4.13. The van der Waals surface area contributed by atoms with Crippen LogP contribution in [0, 0.1) is 5.82 Å². The number of piperidine rings is 1. The summed E-state index contributed by atoms with van der Waals surface area (Å²) >= 11 is 0. The molecule has 0 spiro atoms. The van der Waals surface area contributed by atoms with Crippen LogP contribution in [-0.2, 0) is 4.79 Å². The van der Waals surface area contributed by atoms with E-state index < -0.39 is 0 Å². The van der Waals surface area contributed by atoms with Gasteiger partial charge in [0, 0.05) is 18.7 Å². The summed E-state index contributed by atoms with van der Waals surface area (Å²) < 4.78 is 12.7. The highest BCUT2D eigenvalue weighted by Crippen LogP contribution is 2.17. The van der Waals surface area contributed by atoms with Gasteiger partial charge in [-0.2, -0.15) is 0 Å². The van der Waals surface area contributed by atoms with Crippen molar-refractivity contribution in [3.63, 3.8) is 0 Å². The average molecular weight is 247 g/mol. The molecule has 1 fully saturated rings. The summed E-state index contributed by atoms with van der Waals surface area (Å²) in [6, 6.07) is 6.45. The minimum absolute atomic E-state index is 0.0477. The predicted molar refractivity (Wildman–Crippen MR) is 70.5 cm³/mol. The Labute approximate surface area is 107 Å². The van der Waals surface area contributed by atoms with Gasteiger partial charge >= 0.3 is 0 Å². The first-order valence-electron chi connectivity index (χ1n) is 6.41. The van der Waals surface area contributed by atoms with E-state index in [0.717, 1.165) is 24.9 Å². The molecule has 1 aromatic carbocycles. The van der Waals surface area contributed by atoms with Gasteiger partial charge in [-0.1, -0.05) is 12.1 Å². The molecule has 0 aromatic heterocycles. The molecular weight excluding hydrogens is 229 g/mol. The van der Waals surface area contributed by atoms with E-state index in [2.05, 4.69) is 6.92 Å². The standard InChI is InChI=1S/C15H18FNO/c1-12-4-2-3-11-17(12)15(18)10-7-13-5-8-14(16)9-6-13/h5-10,12H,2-4,11H2,1H3/b10-7+/t12-/m1/s1. The van der Waals surface area contributed by atoms with Gasteiger partial charge in [0.2, 0.25) is 5.91 Å². The number of carbonyl (C=O) groups is 1. The molecule has 96 valence electrons. The first-order valence-corrected chi connectivity index (χ1v) is 6.41. The molecule has 1 aliphatic rings. The fraction of sp³-hybridized carbons (Fsp3) is 0.400. The van der Waals surface area contributed by atoms with E-state index in [-0.39, 0.29) is 11.7 Å². The van der Waals surface area contributed by atoms with Crippen molar-refractivity contribution in [2.75, 3.05) is 6.54 Å². The molecule has 0 unspecified atom stereocenters. The van der Waals surface area contributed by atoms with E-state index >= 15 is 0 Å². The van der Waals surface area contributed by atoms with Crippen molar-refractivity contribution in [2.45, 2.75) is 32.2 Å². The molecule has 1 saturated heterocycles. The van der Waals surface area contributed by atoms with Gasteiger partial charge in [0.1, 0.15) is 5.82 Å². The van der Waals surface area contributed by atoms with Crippen molar-refractivity contribution in [1.82, 2.24) is 4.90 Å². The lowest BCUT2D eigenvalue weighted by Gasteiger charge is -2.32. The molecule has 0 N–H and O–H groups in total. The molecule has 18 heavy (non-hydrogen) atoms. The second-order valence-corrected chi connectivity index (χ2v) is 4.76. The van der Waals surface area contributed by atoms with Crippen LogP contribution >= 0.6 is 0 Å². The number of hydrogen-bond acceptors (Lipinski definition) is 1. The van der Waals surface area contributed by atoms with Gasteiger partial charge < -0.3 is 4.90 Å². The third kappa shape index (κ3) is 3.19. The zero-order valence-electron chi connectivity index (χ0n) is 10.6. The first-order chi connectivity index (χ1) is 8.66. The van der Waals surface area contributed by atoms with Gasteiger partial charge in [0.05, 0.1) is 0 Å². The summed E-state index contributed by atoms with van der Waals surface area (Å²) in [5.74, 6) is -0.213. The first kappa shape index (κ1) is 12.8. The summed E-state index contributed by atoms with van der Waals surface area (Å²) in [7, 11) is 0. The van der Waals surface area contributed by atoms with Crippen molar-refractivity contribution in [2.24, 2.45) is 0 Å². The molecule has 0 saturated carbocycles. The van der Waals surface area contributed by atoms with E-state index in [0.29, 0.717) is 6.04 Å². The van der Waals surface area contributed by atoms with E-state index in [1.807, 2.05) is 4.90 Å². The van der Waals surface area contributed by atoms with E-state index in [1.165, 1.54) is 18.6 Å². The van der Waals surface area contributed by atoms with Gasteiger partial charge in [-0.3, -0.25) is 4.79 Å². The number of hydrogen-bond donors (Lipinski definition) is 0. The second kappa shape index (κ2) is 5.80. The monoisotopic (exact) mass is 247 g/mol. The summed E-state index contributed by atoms with van der Waals surface area (Å²) in [5, 5.41) is 0. The molecule has 3 heteroatoms. The molecule has 1 atom stereocenters. The highest BCUT2D eigenvalue weighted by atomic mass is 19.1. The SMILES string of the molecule is C[C@@H]1CCCCN1C(=O)/C=C/c1ccc(F)cc1. The van der Waals surface area contributed by atoms with Crippen LogP contribution in [0.1, 0.15) is 31.7 Å². The summed E-state index contributed by atoms with van der Waals surface area (Å²) in [6.07, 6.45) is 6.68. The molecule has 1 amide bonds. The third-order valence-corrected chi connectivity index (χ3v) is 3.37. The maximum absolute atomic E-state index is 12.7. The minimum Gasteiger partial charge on any atom is -0.336 e. The highest BCUT2D eigenvalue weighted by molar-refractivity contribution is 5.92. The Morgan fingerprint density at radius 2 is 2.06 bits per heavy atom. The van der Waals surface area contributed by atoms with E-state index in [4.69, 9.17) is 0 Å². The number of benzene rings is 1. The van der Waals surface area contributed by atoms with Crippen molar-refractivity contribution in [1.29, 1.82) is 0 Å². The Morgan fingerprint density at radius 3 is 2.72 bits per heavy atom. The number of nitrogens with zero attached hydrogens (tertiary/aromatic N) is 1. The zero-order valence-corrected chi connectivity index (χ0v) is 10.6. The number of likely N-dealkylation sites (tertiary alicyclic amines) is 1. The van der Waals surface area contributed by atoms with E-state index in [9.17, 15) is 9.18 Å². The van der Waals surface area contributed by atoms with E-state index in [1.54, 1.807) is 24.3 Å². The maximum atomic E-state index is 12.7. The van der Waals surface area contributed by atoms with Crippen LogP contribution in [0.3, 0.4) is 0 Å². The summed E-state index contributed by atoms with van der Waals surface area (Å²) in [6.45, 7) is 2.93. The van der Waals surface area contributed by atoms with Gasteiger partial charge in [-0.05, 0) is 50.0 Å². The van der Waals surface area contributed by atoms with Crippen LogP contribution in [0.2, 0.25) is 0 Å². The summed E-state index contributed by atoms with van der Waals surface area (Å²) in [4.78, 5) is 13.9. The zero-order chi connectivity index (χ0) is 13.0. The lowest BCUT2D eigenvalue weighted by Crippen LogP contribution is -2.41. The maximum Gasteiger partial charge on any atom is 0.246 e. The minimum atomic E-state index is -0.261. The molecule has 1 heterocycles. The smallest absolute Gasteiger partial charge is 0.246 e. The lowest BCUT2D eigenvalue weighted by molar-refractivity contribution is -0.129. The van der Waals surface area contributed by atoms with Crippen molar-refractivity contribution in [3.8, 4) is 0 Å². The molecule has 2 nitrogen and oxygen atoms in total. The van der Waals surface area contributed by atoms with Gasteiger partial charge in [0.15, 0.2) is 0 Å². The van der Waals surface area contributed by atoms with Crippen LogP contribution in [0.5, 0.6) is 0 Å². The molecular formula is C15H18FNO. The largest absolute Gasteiger partial charge is 0.336 e. The lowest BCUT2D eigenvalue weighted by atomic mass is 10.0. The molecule has 1 aliphatic heterocycles. The Morgan fingerprint density at radius 1 is 1.33 bits per heavy atom. The topological polar surface area (TPSA) is 20.3 Å². The quantitative estimate of drug-likeness (QED) is 0.735. The Balaban J connectivity index is 1.99. The third-order valence-electron chi connectivity index (χ3n) is 3.37. The highest BCUT2D eigenvalue weighted by Gasteiger charge is 2.20. The van der Waals surface area contributed by atoms with Crippen LogP contribution in [0.4, 0.5) is 4.39 Å². The summed E-state index contributed by atoms with van der Waals surface area (Å²) in [5.41, 5.74) is 0.842. The second-order valence-electron chi connectivity index (χ2n) is 4.76. The molecule has 0 bridgehead atoms. The molecule has 0 aliphatic carbocycles. The molecule has 0 radical (unpaired) electrons. The van der Waals surface area contributed by atoms with Crippen LogP contribution < -0.4 is 0 Å². The van der Waals surface area contributed by atoms with Crippen LogP contribution in [-0.4, -0.2) is 23.4 Å². The number of halogens is 1.